The molecule has 0 amide bonds. The molecule has 208 valence electrons. The Bertz CT molecular complexity index is 1400. The normalized spacial score (nSPS) is 39.3. The molecule has 0 aliphatic heterocycles. The number of hydrogen-bond acceptors (Lipinski definition) is 6. The van der Waals surface area contributed by atoms with Gasteiger partial charge in [-0.25, -0.2) is 4.98 Å². The zero-order chi connectivity index (χ0) is 27.7. The van der Waals surface area contributed by atoms with Crippen LogP contribution in [0.5, 0.6) is 0 Å². The average Bonchev–Trinajstić information content (AvgIpc) is 3.38. The molecule has 0 radical (unpaired) electrons. The molecule has 1 heterocycles. The van der Waals surface area contributed by atoms with Crippen molar-refractivity contribution in [2.75, 3.05) is 11.5 Å². The number of aromatic amines is 1. The number of benzene rings is 1. The number of halogens is 1. The largest absolute Gasteiger partial charge is 0.393 e. The first-order chi connectivity index (χ1) is 18.5. The van der Waals surface area contributed by atoms with Crippen LogP contribution in [0.1, 0.15) is 52.3 Å². The molecule has 3 N–H and O–H groups in total. The molecule has 8 atom stereocenters. The quantitative estimate of drug-likeness (QED) is 0.408. The van der Waals surface area contributed by atoms with Gasteiger partial charge in [-0.05, 0) is 73.8 Å². The number of ketones is 2. The first-order valence-corrected chi connectivity index (χ1v) is 15.6. The number of aliphatic hydroxyl groups excluding tert-OH is 1. The van der Waals surface area contributed by atoms with Gasteiger partial charge in [-0.3, -0.25) is 9.59 Å². The highest BCUT2D eigenvalue weighted by atomic mass is 35.5. The number of aryl methyl sites for hydroxylation is 1. The summed E-state index contributed by atoms with van der Waals surface area (Å²) in [5, 5.41) is 24.5. The van der Waals surface area contributed by atoms with Crippen molar-refractivity contribution in [1.82, 2.24) is 9.97 Å². The lowest BCUT2D eigenvalue weighted by molar-refractivity contribution is -0.179. The number of imidazole rings is 1. The van der Waals surface area contributed by atoms with Crippen molar-refractivity contribution in [1.29, 1.82) is 0 Å². The highest BCUT2D eigenvalue weighted by molar-refractivity contribution is 7.99. The molecule has 4 aliphatic carbocycles. The van der Waals surface area contributed by atoms with Crippen LogP contribution in [-0.4, -0.2) is 55.0 Å². The van der Waals surface area contributed by atoms with Crippen molar-refractivity contribution < 1.29 is 19.8 Å². The van der Waals surface area contributed by atoms with Gasteiger partial charge in [-0.2, -0.15) is 11.8 Å². The van der Waals surface area contributed by atoms with Crippen LogP contribution in [0.15, 0.2) is 42.0 Å². The lowest BCUT2D eigenvalue weighted by Gasteiger charge is -2.59. The van der Waals surface area contributed by atoms with Gasteiger partial charge in [-0.15, -0.1) is 0 Å². The van der Waals surface area contributed by atoms with E-state index in [1.165, 1.54) is 11.8 Å². The molecule has 3 saturated carbocycles. The Hall–Kier alpha value is -1.93. The molecular weight excluding hydrogens is 532 g/mol. The second kappa shape index (κ2) is 9.57. The van der Waals surface area contributed by atoms with Crippen LogP contribution in [0.3, 0.4) is 0 Å². The molecule has 0 bridgehead atoms. The van der Waals surface area contributed by atoms with Gasteiger partial charge in [0.1, 0.15) is 11.4 Å². The molecule has 6 rings (SSSR count). The Morgan fingerprint density at radius 1 is 1.31 bits per heavy atom. The van der Waals surface area contributed by atoms with Gasteiger partial charge >= 0.3 is 0 Å². The van der Waals surface area contributed by atoms with E-state index in [0.29, 0.717) is 23.6 Å². The third kappa shape index (κ3) is 4.10. The summed E-state index contributed by atoms with van der Waals surface area (Å²) in [6.07, 6.45) is 8.28. The van der Waals surface area contributed by atoms with Crippen molar-refractivity contribution in [2.24, 2.45) is 34.5 Å². The standard InChI is InChI=1S/C31H37ClN2O4S/c1-17-12-22-21-6-4-18-13-20(35)8-10-29(18,2)28(21)25(36)15-30(22,3)31(17,38)26(37)16-39-11-9-27-33-23-7-5-19(32)14-24(23)34-27/h5,7-8,10,13-14,17,21-22,25,28,36,38H,4,6,9,11-12,15-16H2,1-3H3,(H,33,34)/t17-,21?,22?,25?,28?,29?,30?,31+/m1/s1. The zero-order valence-electron chi connectivity index (χ0n) is 22.7. The van der Waals surface area contributed by atoms with E-state index in [4.69, 9.17) is 11.6 Å². The minimum atomic E-state index is -1.47. The van der Waals surface area contributed by atoms with Crippen molar-refractivity contribution >= 4 is 46.0 Å². The summed E-state index contributed by atoms with van der Waals surface area (Å²) in [4.78, 5) is 33.7. The Morgan fingerprint density at radius 3 is 2.90 bits per heavy atom. The van der Waals surface area contributed by atoms with E-state index >= 15 is 0 Å². The molecule has 39 heavy (non-hydrogen) atoms. The number of nitrogens with one attached hydrogen (secondary N) is 1. The minimum absolute atomic E-state index is 0.0161. The number of aromatic nitrogens is 2. The fraction of sp³-hybridized carbons (Fsp3) is 0.581. The molecule has 4 aliphatic rings. The number of carbonyl (C=O) groups excluding carboxylic acids is 2. The minimum Gasteiger partial charge on any atom is -0.393 e. The van der Waals surface area contributed by atoms with Crippen LogP contribution < -0.4 is 0 Å². The van der Waals surface area contributed by atoms with Crippen LogP contribution in [0, 0.1) is 34.5 Å². The molecule has 1 aromatic heterocycles. The number of hydrogen-bond donors (Lipinski definition) is 3. The maximum Gasteiger partial charge on any atom is 0.178 e. The van der Waals surface area contributed by atoms with Crippen LogP contribution in [0.2, 0.25) is 5.02 Å². The summed E-state index contributed by atoms with van der Waals surface area (Å²) in [5.41, 5.74) is 0.364. The number of fused-ring (bicyclic) bond motifs is 6. The number of carbonyl (C=O) groups is 2. The van der Waals surface area contributed by atoms with E-state index < -0.39 is 17.1 Å². The second-order valence-corrected chi connectivity index (χ2v) is 14.2. The SMILES string of the molecule is C[C@@H]1CC2C3CCC4=CC(=O)C=CC4(C)C3C(O)CC2(C)[C@@]1(O)C(=O)CSCCc1nc2ccc(Cl)cc2[nH]1. The summed E-state index contributed by atoms with van der Waals surface area (Å²) in [6, 6.07) is 5.56. The van der Waals surface area contributed by atoms with Crippen LogP contribution in [-0.2, 0) is 16.0 Å². The lowest BCUT2D eigenvalue weighted by Crippen LogP contribution is -2.62. The molecule has 8 heteroatoms. The third-order valence-corrected chi connectivity index (χ3v) is 11.9. The van der Waals surface area contributed by atoms with Gasteiger partial charge < -0.3 is 15.2 Å². The molecule has 3 fully saturated rings. The maximum atomic E-state index is 13.8. The summed E-state index contributed by atoms with van der Waals surface area (Å²) >= 11 is 7.61. The maximum absolute atomic E-state index is 13.8. The summed E-state index contributed by atoms with van der Waals surface area (Å²) in [6.45, 7) is 6.19. The molecule has 0 spiro atoms. The predicted molar refractivity (Wildman–Crippen MR) is 155 cm³/mol. The number of aliphatic hydroxyl groups is 2. The van der Waals surface area contributed by atoms with Gasteiger partial charge in [-0.1, -0.05) is 44.0 Å². The number of H-pyrrole nitrogens is 1. The van der Waals surface area contributed by atoms with Gasteiger partial charge in [0, 0.05) is 33.9 Å². The highest BCUT2D eigenvalue weighted by Gasteiger charge is 2.70. The first kappa shape index (κ1) is 27.3. The van der Waals surface area contributed by atoms with Crippen LogP contribution >= 0.6 is 23.4 Å². The van der Waals surface area contributed by atoms with E-state index in [1.807, 2.05) is 38.1 Å². The van der Waals surface area contributed by atoms with E-state index in [1.54, 1.807) is 12.2 Å². The first-order valence-electron chi connectivity index (χ1n) is 14.1. The summed E-state index contributed by atoms with van der Waals surface area (Å²) in [7, 11) is 0. The average molecular weight is 569 g/mol. The number of nitrogens with zero attached hydrogens (tertiary/aromatic N) is 1. The zero-order valence-corrected chi connectivity index (χ0v) is 24.3. The van der Waals surface area contributed by atoms with Gasteiger partial charge in [0.25, 0.3) is 0 Å². The number of rotatable bonds is 6. The van der Waals surface area contributed by atoms with Gasteiger partial charge in [0.15, 0.2) is 11.6 Å². The van der Waals surface area contributed by atoms with Crippen molar-refractivity contribution in [3.8, 4) is 0 Å². The van der Waals surface area contributed by atoms with E-state index in [2.05, 4.69) is 16.9 Å². The van der Waals surface area contributed by atoms with E-state index in [-0.39, 0.29) is 46.4 Å². The lowest BCUT2D eigenvalue weighted by atomic mass is 9.46. The summed E-state index contributed by atoms with van der Waals surface area (Å²) in [5.74, 6) is 1.82. The molecule has 6 nitrogen and oxygen atoms in total. The monoisotopic (exact) mass is 568 g/mol. The molecule has 0 saturated heterocycles. The second-order valence-electron chi connectivity index (χ2n) is 12.7. The number of thioether (sulfide) groups is 1. The molecular formula is C31H37ClN2O4S. The topological polar surface area (TPSA) is 103 Å². The molecule has 1 aromatic carbocycles. The van der Waals surface area contributed by atoms with Crippen molar-refractivity contribution in [3.63, 3.8) is 0 Å². The van der Waals surface area contributed by atoms with E-state index in [9.17, 15) is 19.8 Å². The van der Waals surface area contributed by atoms with Gasteiger partial charge in [0.2, 0.25) is 0 Å². The van der Waals surface area contributed by atoms with Crippen LogP contribution in [0.25, 0.3) is 11.0 Å². The Morgan fingerprint density at radius 2 is 2.10 bits per heavy atom. The van der Waals surface area contributed by atoms with Gasteiger partial charge in [0.05, 0.1) is 22.9 Å². The summed E-state index contributed by atoms with van der Waals surface area (Å²) < 4.78 is 0. The Kier molecular flexibility index (Phi) is 6.69. The fourth-order valence-corrected chi connectivity index (χ4v) is 9.91. The van der Waals surface area contributed by atoms with Crippen LogP contribution in [0.4, 0.5) is 0 Å². The fourth-order valence-electron chi connectivity index (χ4n) is 8.85. The number of Topliss-reactive ketones (excluding diaryl/α,β-unsaturated/α-hetero) is 1. The Labute approximate surface area is 238 Å². The molecule has 6 unspecified atom stereocenters. The smallest absolute Gasteiger partial charge is 0.178 e. The highest BCUT2D eigenvalue weighted by Crippen LogP contribution is 2.68. The van der Waals surface area contributed by atoms with Crippen molar-refractivity contribution in [2.45, 2.75) is 64.6 Å². The predicted octanol–water partition coefficient (Wildman–Crippen LogP) is 5.32. The third-order valence-electron chi connectivity index (χ3n) is 10.7. The Balaban J connectivity index is 1.16. The number of allylic oxidation sites excluding steroid dienone is 4. The van der Waals surface area contributed by atoms with E-state index in [0.717, 1.165) is 41.7 Å². The van der Waals surface area contributed by atoms with Crippen molar-refractivity contribution in [3.05, 3.63) is 52.8 Å². The molecule has 2 aromatic rings.